The Morgan fingerprint density at radius 3 is 2.95 bits per heavy atom. The molecule has 0 amide bonds. The quantitative estimate of drug-likeness (QED) is 0.838. The second-order valence-electron chi connectivity index (χ2n) is 5.01. The Morgan fingerprint density at radius 1 is 1.35 bits per heavy atom. The molecule has 2 heterocycles. The average Bonchev–Trinajstić information content (AvgIpc) is 2.45. The van der Waals surface area contributed by atoms with Gasteiger partial charge in [-0.05, 0) is 43.7 Å². The van der Waals surface area contributed by atoms with Crippen LogP contribution in [-0.4, -0.2) is 45.8 Å². The number of rotatable bonds is 6. The van der Waals surface area contributed by atoms with Gasteiger partial charge in [-0.15, -0.1) is 0 Å². The standard InChI is InChI=1S/C13H22ClN5O/c1-2-7-15-12-16-11(14)17-13(18-12)19-8-4-3-5-10(19)6-9-20/h10,20H,2-9H2,1H3,(H,15,16,17,18). The Bertz CT molecular complexity index is 429. The first-order valence-corrected chi connectivity index (χ1v) is 7.65. The van der Waals surface area contributed by atoms with Crippen molar-refractivity contribution in [3.63, 3.8) is 0 Å². The Kier molecular flexibility index (Phi) is 5.79. The Hall–Kier alpha value is -1.14. The third-order valence-electron chi connectivity index (χ3n) is 3.48. The van der Waals surface area contributed by atoms with Crippen LogP contribution in [0.5, 0.6) is 0 Å². The van der Waals surface area contributed by atoms with Crippen molar-refractivity contribution in [3.8, 4) is 0 Å². The predicted octanol–water partition coefficient (Wildman–Crippen LogP) is 2.09. The highest BCUT2D eigenvalue weighted by atomic mass is 35.5. The van der Waals surface area contributed by atoms with Gasteiger partial charge in [0.25, 0.3) is 0 Å². The number of hydrogen-bond donors (Lipinski definition) is 2. The van der Waals surface area contributed by atoms with Crippen LogP contribution < -0.4 is 10.2 Å². The molecule has 1 saturated heterocycles. The van der Waals surface area contributed by atoms with Crippen LogP contribution >= 0.6 is 11.6 Å². The molecule has 1 unspecified atom stereocenters. The third-order valence-corrected chi connectivity index (χ3v) is 3.64. The maximum atomic E-state index is 9.19. The first-order chi connectivity index (χ1) is 9.74. The smallest absolute Gasteiger partial charge is 0.231 e. The predicted molar refractivity (Wildman–Crippen MR) is 80.3 cm³/mol. The summed E-state index contributed by atoms with van der Waals surface area (Å²) in [5.41, 5.74) is 0. The first-order valence-electron chi connectivity index (χ1n) is 7.27. The topological polar surface area (TPSA) is 74.2 Å². The molecule has 0 bridgehead atoms. The maximum Gasteiger partial charge on any atom is 0.231 e. The molecule has 2 rings (SSSR count). The minimum absolute atomic E-state index is 0.181. The Labute approximate surface area is 124 Å². The van der Waals surface area contributed by atoms with Crippen LogP contribution in [0.1, 0.15) is 39.0 Å². The number of piperidine rings is 1. The lowest BCUT2D eigenvalue weighted by atomic mass is 10.0. The van der Waals surface area contributed by atoms with Crippen molar-refractivity contribution in [2.45, 2.75) is 45.1 Å². The van der Waals surface area contributed by atoms with Gasteiger partial charge >= 0.3 is 0 Å². The monoisotopic (exact) mass is 299 g/mol. The van der Waals surface area contributed by atoms with Crippen LogP contribution in [0, 0.1) is 0 Å². The summed E-state index contributed by atoms with van der Waals surface area (Å²) in [5, 5.41) is 12.5. The van der Waals surface area contributed by atoms with Gasteiger partial charge in [-0.3, -0.25) is 0 Å². The number of aliphatic hydroxyl groups is 1. The molecule has 0 aromatic carbocycles. The van der Waals surface area contributed by atoms with Crippen molar-refractivity contribution >= 4 is 23.5 Å². The second-order valence-corrected chi connectivity index (χ2v) is 5.35. The molecular formula is C13H22ClN5O. The van der Waals surface area contributed by atoms with E-state index >= 15 is 0 Å². The zero-order chi connectivity index (χ0) is 14.4. The maximum absolute atomic E-state index is 9.19. The number of aromatic nitrogens is 3. The van der Waals surface area contributed by atoms with Crippen molar-refractivity contribution in [1.29, 1.82) is 0 Å². The Morgan fingerprint density at radius 2 is 2.20 bits per heavy atom. The van der Waals surface area contributed by atoms with Gasteiger partial charge in [0.1, 0.15) is 0 Å². The average molecular weight is 300 g/mol. The molecule has 0 saturated carbocycles. The van der Waals surface area contributed by atoms with Gasteiger partial charge < -0.3 is 15.3 Å². The lowest BCUT2D eigenvalue weighted by molar-refractivity contribution is 0.261. The van der Waals surface area contributed by atoms with Crippen molar-refractivity contribution < 1.29 is 5.11 Å². The minimum atomic E-state index is 0.181. The van der Waals surface area contributed by atoms with E-state index in [1.54, 1.807) is 0 Å². The molecule has 7 heteroatoms. The van der Waals surface area contributed by atoms with Gasteiger partial charge in [-0.2, -0.15) is 15.0 Å². The van der Waals surface area contributed by atoms with Crippen molar-refractivity contribution in [3.05, 3.63) is 5.28 Å². The van der Waals surface area contributed by atoms with Crippen LogP contribution in [0.15, 0.2) is 0 Å². The largest absolute Gasteiger partial charge is 0.396 e. The summed E-state index contributed by atoms with van der Waals surface area (Å²) >= 11 is 5.99. The van der Waals surface area contributed by atoms with E-state index in [0.29, 0.717) is 11.9 Å². The minimum Gasteiger partial charge on any atom is -0.396 e. The van der Waals surface area contributed by atoms with E-state index in [4.69, 9.17) is 11.6 Å². The van der Waals surface area contributed by atoms with E-state index < -0.39 is 0 Å². The molecule has 112 valence electrons. The number of anilines is 2. The van der Waals surface area contributed by atoms with Crippen molar-refractivity contribution in [2.75, 3.05) is 29.9 Å². The van der Waals surface area contributed by atoms with Crippen LogP contribution in [0.25, 0.3) is 0 Å². The number of nitrogens with one attached hydrogen (secondary N) is 1. The second kappa shape index (κ2) is 7.59. The number of halogens is 1. The molecule has 0 radical (unpaired) electrons. The van der Waals surface area contributed by atoms with Crippen LogP contribution in [0.2, 0.25) is 5.28 Å². The van der Waals surface area contributed by atoms with Gasteiger partial charge in [-0.1, -0.05) is 6.92 Å². The zero-order valence-electron chi connectivity index (χ0n) is 11.8. The fourth-order valence-electron chi connectivity index (χ4n) is 2.50. The van der Waals surface area contributed by atoms with Crippen molar-refractivity contribution in [1.82, 2.24) is 15.0 Å². The van der Waals surface area contributed by atoms with E-state index in [1.807, 2.05) is 0 Å². The summed E-state index contributed by atoms with van der Waals surface area (Å²) in [5.74, 6) is 1.14. The number of hydrogen-bond acceptors (Lipinski definition) is 6. The highest BCUT2D eigenvalue weighted by Gasteiger charge is 2.25. The summed E-state index contributed by atoms with van der Waals surface area (Å²) in [6, 6.07) is 0.284. The molecular weight excluding hydrogens is 278 g/mol. The summed E-state index contributed by atoms with van der Waals surface area (Å²) in [4.78, 5) is 14.9. The van der Waals surface area contributed by atoms with Gasteiger partial charge in [0, 0.05) is 25.7 Å². The van der Waals surface area contributed by atoms with Crippen LogP contribution in [0.3, 0.4) is 0 Å². The number of aliphatic hydroxyl groups excluding tert-OH is 1. The van der Waals surface area contributed by atoms with E-state index in [9.17, 15) is 5.11 Å². The normalized spacial score (nSPS) is 19.1. The summed E-state index contributed by atoms with van der Waals surface area (Å²) in [6.45, 7) is 3.97. The highest BCUT2D eigenvalue weighted by Crippen LogP contribution is 2.25. The van der Waals surface area contributed by atoms with Gasteiger partial charge in [0.05, 0.1) is 0 Å². The molecule has 20 heavy (non-hydrogen) atoms. The van der Waals surface area contributed by atoms with E-state index in [2.05, 4.69) is 32.1 Å². The summed E-state index contributed by atoms with van der Waals surface area (Å²) in [6.07, 6.45) is 5.09. The van der Waals surface area contributed by atoms with Crippen LogP contribution in [0.4, 0.5) is 11.9 Å². The molecule has 0 spiro atoms. The molecule has 0 aliphatic carbocycles. The van der Waals surface area contributed by atoms with Gasteiger partial charge in [-0.25, -0.2) is 0 Å². The summed E-state index contributed by atoms with van der Waals surface area (Å²) in [7, 11) is 0. The lowest BCUT2D eigenvalue weighted by Crippen LogP contribution is -2.41. The first kappa shape index (κ1) is 15.3. The fraction of sp³-hybridized carbons (Fsp3) is 0.769. The fourth-order valence-corrected chi connectivity index (χ4v) is 2.65. The highest BCUT2D eigenvalue weighted by molar-refractivity contribution is 6.28. The SMILES string of the molecule is CCCNc1nc(Cl)nc(N2CCCCC2CCO)n1. The number of nitrogens with zero attached hydrogens (tertiary/aromatic N) is 4. The molecule has 1 atom stereocenters. The van der Waals surface area contributed by atoms with Gasteiger partial charge in [0.15, 0.2) is 0 Å². The molecule has 2 N–H and O–H groups in total. The lowest BCUT2D eigenvalue weighted by Gasteiger charge is -2.35. The molecule has 1 aromatic heterocycles. The molecule has 1 aliphatic heterocycles. The van der Waals surface area contributed by atoms with Crippen molar-refractivity contribution in [2.24, 2.45) is 0 Å². The zero-order valence-corrected chi connectivity index (χ0v) is 12.6. The van der Waals surface area contributed by atoms with E-state index in [-0.39, 0.29) is 17.9 Å². The van der Waals surface area contributed by atoms with Gasteiger partial charge in [0.2, 0.25) is 17.2 Å². The molecule has 1 aromatic rings. The summed E-state index contributed by atoms with van der Waals surface area (Å²) < 4.78 is 0. The van der Waals surface area contributed by atoms with Crippen LogP contribution in [-0.2, 0) is 0 Å². The third kappa shape index (κ3) is 3.93. The van der Waals surface area contributed by atoms with E-state index in [0.717, 1.165) is 38.8 Å². The molecule has 1 fully saturated rings. The van der Waals surface area contributed by atoms with E-state index in [1.165, 1.54) is 6.42 Å². The Balaban J connectivity index is 2.18. The molecule has 6 nitrogen and oxygen atoms in total. The molecule has 1 aliphatic rings.